The van der Waals surface area contributed by atoms with E-state index in [4.69, 9.17) is 33.0 Å². The van der Waals surface area contributed by atoms with E-state index in [1.165, 1.54) is 12.1 Å². The molecule has 1 N–H and O–H groups in total. The molecule has 4 rings (SSSR count). The van der Waals surface area contributed by atoms with Gasteiger partial charge in [0, 0.05) is 0 Å². The molecule has 0 spiro atoms. The van der Waals surface area contributed by atoms with Crippen LogP contribution in [0.3, 0.4) is 0 Å². The van der Waals surface area contributed by atoms with Crippen LogP contribution < -0.4 is 4.74 Å². The van der Waals surface area contributed by atoms with Crippen molar-refractivity contribution in [3.63, 3.8) is 0 Å². The average Bonchev–Trinajstić information content (AvgIpc) is 2.82. The van der Waals surface area contributed by atoms with E-state index in [1.807, 2.05) is 30.3 Å². The Hall–Kier alpha value is -3.78. The summed E-state index contributed by atoms with van der Waals surface area (Å²) in [7, 11) is 0. The van der Waals surface area contributed by atoms with Crippen LogP contribution in [0, 0.1) is 11.3 Å². The predicted octanol–water partition coefficient (Wildman–Crippen LogP) is 7.49. The minimum atomic E-state index is -1.03. The third-order valence-corrected chi connectivity index (χ3v) is 5.65. The van der Waals surface area contributed by atoms with Crippen LogP contribution >= 0.6 is 23.2 Å². The van der Waals surface area contributed by atoms with E-state index < -0.39 is 5.97 Å². The summed E-state index contributed by atoms with van der Waals surface area (Å²) in [6.45, 7) is 0.304. The van der Waals surface area contributed by atoms with Crippen molar-refractivity contribution in [2.24, 2.45) is 0 Å². The van der Waals surface area contributed by atoms with Gasteiger partial charge >= 0.3 is 5.97 Å². The molecule has 0 aliphatic carbocycles. The molecule has 4 nitrogen and oxygen atoms in total. The highest BCUT2D eigenvalue weighted by Crippen LogP contribution is 2.36. The molecule has 33 heavy (non-hydrogen) atoms. The van der Waals surface area contributed by atoms with E-state index in [0.29, 0.717) is 39.1 Å². The highest BCUT2D eigenvalue weighted by atomic mass is 35.5. The molecule has 0 saturated carbocycles. The zero-order chi connectivity index (χ0) is 23.4. The summed E-state index contributed by atoms with van der Waals surface area (Å²) in [4.78, 5) is 11.0. The largest absolute Gasteiger partial charge is 0.486 e. The number of nitriles is 1. The molecule has 4 aromatic carbocycles. The number of fused-ring (bicyclic) bond motifs is 1. The average molecular weight is 474 g/mol. The smallest absolute Gasteiger partial charge is 0.335 e. The van der Waals surface area contributed by atoms with Crippen LogP contribution in [0.2, 0.25) is 10.0 Å². The van der Waals surface area contributed by atoms with Crippen LogP contribution in [0.1, 0.15) is 27.0 Å². The second-order valence-corrected chi connectivity index (χ2v) is 8.15. The van der Waals surface area contributed by atoms with Gasteiger partial charge in [-0.05, 0) is 63.9 Å². The third-order valence-electron chi connectivity index (χ3n) is 5.09. The molecule has 0 unspecified atom stereocenters. The minimum absolute atomic E-state index is 0.148. The number of aromatic carboxylic acids is 1. The Morgan fingerprint density at radius 3 is 2.18 bits per heavy atom. The molecule has 0 atom stereocenters. The fourth-order valence-electron chi connectivity index (χ4n) is 3.42. The molecule has 0 aromatic heterocycles. The molecule has 0 bridgehead atoms. The molecule has 6 heteroatoms. The van der Waals surface area contributed by atoms with E-state index in [2.05, 4.69) is 18.2 Å². The summed E-state index contributed by atoms with van der Waals surface area (Å²) < 4.78 is 5.90. The Morgan fingerprint density at radius 1 is 0.909 bits per heavy atom. The van der Waals surface area contributed by atoms with E-state index in [-0.39, 0.29) is 5.56 Å². The number of allylic oxidation sites excluding steroid dienone is 1. The van der Waals surface area contributed by atoms with Gasteiger partial charge in [0.15, 0.2) is 5.75 Å². The lowest BCUT2D eigenvalue weighted by Crippen LogP contribution is -1.97. The topological polar surface area (TPSA) is 70.3 Å². The first kappa shape index (κ1) is 22.4. The maximum atomic E-state index is 11.0. The first-order chi connectivity index (χ1) is 15.9. The fourth-order valence-corrected chi connectivity index (χ4v) is 4.04. The number of halogens is 2. The summed E-state index contributed by atoms with van der Waals surface area (Å²) >= 11 is 12.9. The zero-order valence-electron chi connectivity index (χ0n) is 17.3. The second kappa shape index (κ2) is 9.79. The Balaban J connectivity index is 1.55. The van der Waals surface area contributed by atoms with Gasteiger partial charge < -0.3 is 9.84 Å². The Kier molecular flexibility index (Phi) is 6.65. The number of carboxylic acid groups (broad SMARTS) is 1. The Labute approximate surface area is 200 Å². The molecule has 0 amide bonds. The number of nitrogens with zero attached hydrogens (tertiary/aromatic N) is 1. The van der Waals surface area contributed by atoms with Crippen LogP contribution in [0.15, 0.2) is 78.9 Å². The first-order valence-electron chi connectivity index (χ1n) is 9.99. The normalized spacial score (nSPS) is 11.2. The zero-order valence-corrected chi connectivity index (χ0v) is 18.8. The van der Waals surface area contributed by atoms with Gasteiger partial charge in [0.25, 0.3) is 0 Å². The molecule has 0 fully saturated rings. The Bertz CT molecular complexity index is 1400. The van der Waals surface area contributed by atoms with Crippen LogP contribution in [-0.4, -0.2) is 11.1 Å². The maximum Gasteiger partial charge on any atom is 0.335 e. The number of rotatable bonds is 6. The van der Waals surface area contributed by atoms with Crippen molar-refractivity contribution >= 4 is 51.6 Å². The van der Waals surface area contributed by atoms with Crippen molar-refractivity contribution in [2.75, 3.05) is 0 Å². The molecule has 4 aromatic rings. The van der Waals surface area contributed by atoms with Crippen LogP contribution in [-0.2, 0) is 6.61 Å². The number of carbonyl (C=O) groups is 1. The fraction of sp³-hybridized carbons (Fsp3) is 0.0370. The molecule has 0 radical (unpaired) electrons. The van der Waals surface area contributed by atoms with Gasteiger partial charge in [-0.15, -0.1) is 0 Å². The highest BCUT2D eigenvalue weighted by molar-refractivity contribution is 6.37. The summed E-state index contributed by atoms with van der Waals surface area (Å²) in [5, 5.41) is 21.5. The molecule has 0 saturated heterocycles. The van der Waals surface area contributed by atoms with Crippen LogP contribution in [0.25, 0.3) is 22.4 Å². The molecule has 162 valence electrons. The van der Waals surface area contributed by atoms with Crippen molar-refractivity contribution in [3.8, 4) is 11.8 Å². The summed E-state index contributed by atoms with van der Waals surface area (Å²) in [5.41, 5.74) is 2.70. The number of hydrogen-bond acceptors (Lipinski definition) is 3. The molecule has 0 aliphatic heterocycles. The lowest BCUT2D eigenvalue weighted by Gasteiger charge is -2.12. The summed E-state index contributed by atoms with van der Waals surface area (Å²) in [6, 6.07) is 25.7. The van der Waals surface area contributed by atoms with Crippen molar-refractivity contribution in [1.82, 2.24) is 0 Å². The van der Waals surface area contributed by atoms with Gasteiger partial charge in [-0.3, -0.25) is 0 Å². The Morgan fingerprint density at radius 2 is 1.55 bits per heavy atom. The third kappa shape index (κ3) is 5.18. The van der Waals surface area contributed by atoms with Crippen molar-refractivity contribution in [2.45, 2.75) is 6.61 Å². The highest BCUT2D eigenvalue weighted by Gasteiger charge is 2.11. The minimum Gasteiger partial charge on any atom is -0.486 e. The van der Waals surface area contributed by atoms with Crippen LogP contribution in [0.5, 0.6) is 5.75 Å². The van der Waals surface area contributed by atoms with E-state index in [0.717, 1.165) is 16.3 Å². The van der Waals surface area contributed by atoms with Gasteiger partial charge in [-0.25, -0.2) is 4.79 Å². The van der Waals surface area contributed by atoms with Crippen molar-refractivity contribution in [1.29, 1.82) is 5.26 Å². The lowest BCUT2D eigenvalue weighted by atomic mass is 10.0. The van der Waals surface area contributed by atoms with Gasteiger partial charge in [-0.1, -0.05) is 71.7 Å². The molecular weight excluding hydrogens is 457 g/mol. The van der Waals surface area contributed by atoms with E-state index in [1.54, 1.807) is 30.3 Å². The number of benzene rings is 4. The van der Waals surface area contributed by atoms with E-state index >= 15 is 0 Å². The van der Waals surface area contributed by atoms with Crippen molar-refractivity contribution < 1.29 is 14.6 Å². The van der Waals surface area contributed by atoms with Gasteiger partial charge in [0.05, 0.1) is 27.3 Å². The first-order valence-corrected chi connectivity index (χ1v) is 10.8. The summed E-state index contributed by atoms with van der Waals surface area (Å²) in [5.74, 6) is -0.658. The van der Waals surface area contributed by atoms with Gasteiger partial charge in [0.1, 0.15) is 6.61 Å². The SMILES string of the molecule is N#C/C(=C/c1cc(Cl)c(OCc2ccc3ccccc3c2)c(Cl)c1)c1ccc(C(=O)O)cc1. The van der Waals surface area contributed by atoms with E-state index in [9.17, 15) is 10.1 Å². The standard InChI is InChI=1S/C27H17Cl2NO3/c28-24-13-18(12-23(15-30)20-7-9-21(10-8-20)27(31)32)14-25(29)26(24)33-16-17-5-6-19-3-1-2-4-22(19)11-17/h1-14H,16H2,(H,31,32)/b23-12-. The monoisotopic (exact) mass is 473 g/mol. The number of hydrogen-bond donors (Lipinski definition) is 1. The van der Waals surface area contributed by atoms with Gasteiger partial charge in [0.2, 0.25) is 0 Å². The quantitative estimate of drug-likeness (QED) is 0.232. The molecule has 0 heterocycles. The van der Waals surface area contributed by atoms with Crippen molar-refractivity contribution in [3.05, 3.63) is 111 Å². The molecule has 0 aliphatic rings. The number of ether oxygens (including phenoxy) is 1. The maximum absolute atomic E-state index is 11.0. The predicted molar refractivity (Wildman–Crippen MR) is 132 cm³/mol. The molecular formula is C27H17Cl2NO3. The summed E-state index contributed by atoms with van der Waals surface area (Å²) in [6.07, 6.45) is 1.64. The van der Waals surface area contributed by atoms with Gasteiger partial charge in [-0.2, -0.15) is 5.26 Å². The number of carboxylic acids is 1. The van der Waals surface area contributed by atoms with Crippen LogP contribution in [0.4, 0.5) is 0 Å². The second-order valence-electron chi connectivity index (χ2n) is 7.34. The lowest BCUT2D eigenvalue weighted by molar-refractivity contribution is 0.0697.